The second-order valence-corrected chi connectivity index (χ2v) is 6.02. The second kappa shape index (κ2) is 5.55. The van der Waals surface area contributed by atoms with Gasteiger partial charge in [-0.3, -0.25) is 4.79 Å². The molecule has 2 rings (SSSR count). The molecule has 1 unspecified atom stereocenters. The molecule has 0 aromatic rings. The molecule has 0 amide bonds. The Morgan fingerprint density at radius 3 is 2.72 bits per heavy atom. The van der Waals surface area contributed by atoms with Crippen LogP contribution < -0.4 is 0 Å². The summed E-state index contributed by atoms with van der Waals surface area (Å²) in [5.41, 5.74) is -0.652. The highest BCUT2D eigenvalue weighted by atomic mass is 16.5. The Kier molecular flexibility index (Phi) is 4.25. The molecule has 104 valence electrons. The van der Waals surface area contributed by atoms with E-state index in [0.717, 1.165) is 18.9 Å². The molecule has 0 saturated carbocycles. The Bertz CT molecular complexity index is 305. The minimum Gasteiger partial charge on any atom is -0.481 e. The second-order valence-electron chi connectivity index (χ2n) is 6.02. The van der Waals surface area contributed by atoms with Crippen molar-refractivity contribution < 1.29 is 14.6 Å². The monoisotopic (exact) mass is 256 g/mol. The van der Waals surface area contributed by atoms with Crippen LogP contribution in [0.25, 0.3) is 0 Å². The minimum absolute atomic E-state index is 0.360. The summed E-state index contributed by atoms with van der Waals surface area (Å²) in [6.45, 7) is 4.68. The third-order valence-corrected chi connectivity index (χ3v) is 4.19. The number of hydrogen-bond acceptors (Lipinski definition) is 4. The zero-order valence-electron chi connectivity index (χ0n) is 11.4. The third-order valence-electron chi connectivity index (χ3n) is 4.19. The molecule has 0 radical (unpaired) electrons. The zero-order chi connectivity index (χ0) is 13.2. The van der Waals surface area contributed by atoms with Crippen molar-refractivity contribution in [1.82, 2.24) is 9.80 Å². The van der Waals surface area contributed by atoms with E-state index in [9.17, 15) is 9.90 Å². The number of carboxylic acids is 1. The quantitative estimate of drug-likeness (QED) is 0.744. The van der Waals surface area contributed by atoms with Crippen molar-refractivity contribution in [2.45, 2.75) is 12.8 Å². The van der Waals surface area contributed by atoms with E-state index < -0.39 is 11.4 Å². The molecular weight excluding hydrogens is 232 g/mol. The minimum atomic E-state index is -0.721. The molecule has 2 saturated heterocycles. The van der Waals surface area contributed by atoms with Crippen molar-refractivity contribution >= 4 is 5.97 Å². The van der Waals surface area contributed by atoms with Gasteiger partial charge in [0.1, 0.15) is 5.41 Å². The van der Waals surface area contributed by atoms with Crippen LogP contribution in [-0.4, -0.2) is 74.4 Å². The number of rotatable bonds is 6. The molecule has 0 bridgehead atoms. The lowest BCUT2D eigenvalue weighted by atomic mass is 9.85. The summed E-state index contributed by atoms with van der Waals surface area (Å²) in [5.74, 6) is 0.0528. The smallest absolute Gasteiger partial charge is 0.315 e. The van der Waals surface area contributed by atoms with E-state index in [1.165, 1.54) is 19.5 Å². The maximum atomic E-state index is 11.2. The Balaban J connectivity index is 1.71. The van der Waals surface area contributed by atoms with Gasteiger partial charge in [0.2, 0.25) is 0 Å². The predicted octanol–water partition coefficient (Wildman–Crippen LogP) is 0.361. The first-order valence-electron chi connectivity index (χ1n) is 6.70. The molecule has 18 heavy (non-hydrogen) atoms. The molecule has 2 aliphatic rings. The summed E-state index contributed by atoms with van der Waals surface area (Å²) in [5, 5.41) is 9.23. The summed E-state index contributed by atoms with van der Waals surface area (Å²) in [6.07, 6.45) is 2.44. The van der Waals surface area contributed by atoms with Gasteiger partial charge in [-0.25, -0.2) is 0 Å². The van der Waals surface area contributed by atoms with E-state index in [1.807, 2.05) is 7.05 Å². The molecule has 0 aromatic carbocycles. The Labute approximate surface area is 109 Å². The van der Waals surface area contributed by atoms with Crippen LogP contribution in [0, 0.1) is 11.3 Å². The normalized spacial score (nSPS) is 27.4. The van der Waals surface area contributed by atoms with E-state index in [1.54, 1.807) is 0 Å². The molecule has 5 heteroatoms. The highest BCUT2D eigenvalue weighted by molar-refractivity contribution is 5.76. The van der Waals surface area contributed by atoms with Crippen molar-refractivity contribution in [3.8, 4) is 0 Å². The fourth-order valence-corrected chi connectivity index (χ4v) is 2.89. The van der Waals surface area contributed by atoms with Crippen LogP contribution in [0.1, 0.15) is 12.8 Å². The van der Waals surface area contributed by atoms with Crippen molar-refractivity contribution in [3.05, 3.63) is 0 Å². The Hall–Kier alpha value is -0.650. The Morgan fingerprint density at radius 2 is 2.28 bits per heavy atom. The lowest BCUT2D eigenvalue weighted by Gasteiger charge is -2.40. The van der Waals surface area contributed by atoms with Crippen molar-refractivity contribution in [2.24, 2.45) is 11.3 Å². The molecule has 2 aliphatic heterocycles. The number of carbonyl (C=O) groups is 1. The van der Waals surface area contributed by atoms with Crippen LogP contribution >= 0.6 is 0 Å². The fourth-order valence-electron chi connectivity index (χ4n) is 2.89. The summed E-state index contributed by atoms with van der Waals surface area (Å²) in [4.78, 5) is 15.7. The van der Waals surface area contributed by atoms with Crippen LogP contribution in [0.5, 0.6) is 0 Å². The van der Waals surface area contributed by atoms with E-state index in [4.69, 9.17) is 4.74 Å². The third kappa shape index (κ3) is 3.02. The van der Waals surface area contributed by atoms with Crippen molar-refractivity contribution in [1.29, 1.82) is 0 Å². The van der Waals surface area contributed by atoms with Gasteiger partial charge in [-0.15, -0.1) is 0 Å². The van der Waals surface area contributed by atoms with Crippen LogP contribution in [0.15, 0.2) is 0 Å². The molecule has 0 aliphatic carbocycles. The molecule has 5 nitrogen and oxygen atoms in total. The number of hydrogen-bond donors (Lipinski definition) is 1. The van der Waals surface area contributed by atoms with E-state index in [2.05, 4.69) is 16.8 Å². The van der Waals surface area contributed by atoms with Gasteiger partial charge < -0.3 is 19.6 Å². The van der Waals surface area contributed by atoms with Crippen molar-refractivity contribution in [2.75, 3.05) is 53.5 Å². The lowest BCUT2D eigenvalue weighted by Crippen LogP contribution is -2.55. The first-order chi connectivity index (χ1) is 8.52. The maximum absolute atomic E-state index is 11.2. The lowest BCUT2D eigenvalue weighted by molar-refractivity contribution is -0.182. The van der Waals surface area contributed by atoms with Gasteiger partial charge in [0, 0.05) is 13.1 Å². The van der Waals surface area contributed by atoms with Crippen LogP contribution in [0.3, 0.4) is 0 Å². The van der Waals surface area contributed by atoms with E-state index in [-0.39, 0.29) is 0 Å². The summed E-state index contributed by atoms with van der Waals surface area (Å²) < 4.78 is 5.08. The van der Waals surface area contributed by atoms with Crippen LogP contribution in [0.4, 0.5) is 0 Å². The first-order valence-corrected chi connectivity index (χ1v) is 6.70. The average molecular weight is 256 g/mol. The SMILES string of the molecule is CN1CCC(CCN(C)CC2(C(=O)O)COC2)C1. The van der Waals surface area contributed by atoms with Gasteiger partial charge in [0.15, 0.2) is 0 Å². The molecular formula is C13H24N2O3. The number of aliphatic carboxylic acids is 1. The summed E-state index contributed by atoms with van der Waals surface area (Å²) in [7, 11) is 4.18. The number of likely N-dealkylation sites (tertiary alicyclic amines) is 1. The number of nitrogens with zero attached hydrogens (tertiary/aromatic N) is 2. The molecule has 0 spiro atoms. The summed E-state index contributed by atoms with van der Waals surface area (Å²) >= 11 is 0. The van der Waals surface area contributed by atoms with Gasteiger partial charge in [0.25, 0.3) is 0 Å². The first kappa shape index (κ1) is 13.8. The van der Waals surface area contributed by atoms with Gasteiger partial charge in [0.05, 0.1) is 13.2 Å². The molecule has 2 heterocycles. The number of carboxylic acid groups (broad SMARTS) is 1. The van der Waals surface area contributed by atoms with E-state index >= 15 is 0 Å². The van der Waals surface area contributed by atoms with Gasteiger partial charge >= 0.3 is 5.97 Å². The standard InChI is InChI=1S/C13H24N2O3/c1-14-5-3-11(7-14)4-6-15(2)8-13(12(16)17)9-18-10-13/h11H,3-10H2,1-2H3,(H,16,17). The fraction of sp³-hybridized carbons (Fsp3) is 0.923. The van der Waals surface area contributed by atoms with Gasteiger partial charge in [-0.05, 0) is 45.9 Å². The molecule has 0 aromatic heterocycles. The molecule has 1 N–H and O–H groups in total. The zero-order valence-corrected chi connectivity index (χ0v) is 11.4. The maximum Gasteiger partial charge on any atom is 0.315 e. The van der Waals surface area contributed by atoms with Gasteiger partial charge in [-0.1, -0.05) is 0 Å². The topological polar surface area (TPSA) is 53.0 Å². The highest BCUT2D eigenvalue weighted by Crippen LogP contribution is 2.29. The molecule has 2 fully saturated rings. The number of ether oxygens (including phenoxy) is 1. The molecule has 1 atom stereocenters. The largest absolute Gasteiger partial charge is 0.481 e. The van der Waals surface area contributed by atoms with Crippen LogP contribution in [-0.2, 0) is 9.53 Å². The Morgan fingerprint density at radius 1 is 1.56 bits per heavy atom. The van der Waals surface area contributed by atoms with Gasteiger partial charge in [-0.2, -0.15) is 0 Å². The summed E-state index contributed by atoms with van der Waals surface area (Å²) in [6, 6.07) is 0. The predicted molar refractivity (Wildman–Crippen MR) is 68.6 cm³/mol. The highest BCUT2D eigenvalue weighted by Gasteiger charge is 2.46. The van der Waals surface area contributed by atoms with Crippen molar-refractivity contribution in [3.63, 3.8) is 0 Å². The van der Waals surface area contributed by atoms with E-state index in [0.29, 0.717) is 19.8 Å². The average Bonchev–Trinajstić information content (AvgIpc) is 2.66. The van der Waals surface area contributed by atoms with Crippen LogP contribution in [0.2, 0.25) is 0 Å².